The van der Waals surface area contributed by atoms with Crippen LogP contribution in [0.15, 0.2) is 30.6 Å². The largest absolute Gasteiger partial charge is 0.292 e. The van der Waals surface area contributed by atoms with Gasteiger partial charge >= 0.3 is 0 Å². The van der Waals surface area contributed by atoms with Gasteiger partial charge in [-0.2, -0.15) is 5.10 Å². The molecule has 0 aliphatic carbocycles. The zero-order valence-corrected chi connectivity index (χ0v) is 11.6. The number of aromatic nitrogens is 2. The smallest absolute Gasteiger partial charge is 0.130 e. The minimum Gasteiger partial charge on any atom is -0.292 e. The lowest BCUT2D eigenvalue weighted by Gasteiger charge is -2.43. The van der Waals surface area contributed by atoms with Crippen LogP contribution in [-0.4, -0.2) is 27.8 Å². The Bertz CT molecular complexity index is 597. The Kier molecular flexibility index (Phi) is 3.30. The summed E-state index contributed by atoms with van der Waals surface area (Å²) in [6.07, 6.45) is 3.82. The molecule has 1 aromatic heterocycles. The number of aryl methyl sites for hydroxylation is 1. The number of hydrogen-bond acceptors (Lipinski definition) is 2. The van der Waals surface area contributed by atoms with E-state index >= 15 is 0 Å². The standard InChI is InChI=1S/C15H17F2N3/c1-10-6-18-20(7-10)12-8-19(9-12)11(2)15-13(16)4-3-5-14(15)17/h3-7,11-12H,8-9H2,1-2H3/t11-/m1/s1. The van der Waals surface area contributed by atoms with Crippen molar-refractivity contribution in [2.75, 3.05) is 13.1 Å². The normalized spacial score (nSPS) is 18.0. The van der Waals surface area contributed by atoms with E-state index in [2.05, 4.69) is 10.00 Å². The van der Waals surface area contributed by atoms with Crippen molar-refractivity contribution < 1.29 is 8.78 Å². The van der Waals surface area contributed by atoms with Crippen molar-refractivity contribution >= 4 is 0 Å². The van der Waals surface area contributed by atoms with E-state index in [0.717, 1.165) is 18.7 Å². The summed E-state index contributed by atoms with van der Waals surface area (Å²) in [5.74, 6) is -0.952. The molecule has 3 nitrogen and oxygen atoms in total. The Hall–Kier alpha value is -1.75. The van der Waals surface area contributed by atoms with Crippen LogP contribution in [-0.2, 0) is 0 Å². The molecule has 0 amide bonds. The molecule has 0 bridgehead atoms. The molecule has 1 aromatic carbocycles. The Labute approximate surface area is 116 Å². The van der Waals surface area contributed by atoms with E-state index in [0.29, 0.717) is 6.04 Å². The van der Waals surface area contributed by atoms with Crippen molar-refractivity contribution in [3.8, 4) is 0 Å². The van der Waals surface area contributed by atoms with E-state index < -0.39 is 11.6 Å². The van der Waals surface area contributed by atoms with E-state index in [-0.39, 0.29) is 11.6 Å². The highest BCUT2D eigenvalue weighted by Crippen LogP contribution is 2.33. The molecule has 20 heavy (non-hydrogen) atoms. The Morgan fingerprint density at radius 2 is 1.90 bits per heavy atom. The monoisotopic (exact) mass is 277 g/mol. The molecule has 0 saturated carbocycles. The molecular formula is C15H17F2N3. The minimum atomic E-state index is -0.476. The van der Waals surface area contributed by atoms with Gasteiger partial charge in [0.25, 0.3) is 0 Å². The third-order valence-corrected chi connectivity index (χ3v) is 3.96. The van der Waals surface area contributed by atoms with Gasteiger partial charge in [-0.15, -0.1) is 0 Å². The molecule has 1 fully saturated rings. The number of benzene rings is 1. The molecule has 2 aromatic rings. The molecule has 1 saturated heterocycles. The molecule has 106 valence electrons. The van der Waals surface area contributed by atoms with Crippen LogP contribution in [0.1, 0.15) is 30.1 Å². The number of hydrogen-bond donors (Lipinski definition) is 0. The SMILES string of the molecule is Cc1cnn(C2CN([C@H](C)c3c(F)cccc3F)C2)c1. The van der Waals surface area contributed by atoms with Gasteiger partial charge in [-0.25, -0.2) is 8.78 Å². The van der Waals surface area contributed by atoms with Gasteiger partial charge in [-0.1, -0.05) is 6.07 Å². The highest BCUT2D eigenvalue weighted by atomic mass is 19.1. The van der Waals surface area contributed by atoms with Crippen LogP contribution >= 0.6 is 0 Å². The molecular weight excluding hydrogens is 260 g/mol. The van der Waals surface area contributed by atoms with Crippen LogP contribution < -0.4 is 0 Å². The fourth-order valence-electron chi connectivity index (χ4n) is 2.70. The molecule has 1 aliphatic rings. The zero-order chi connectivity index (χ0) is 14.3. The van der Waals surface area contributed by atoms with Gasteiger partial charge in [0.1, 0.15) is 11.6 Å². The quantitative estimate of drug-likeness (QED) is 0.859. The first-order valence-corrected chi connectivity index (χ1v) is 6.75. The highest BCUT2D eigenvalue weighted by Gasteiger charge is 2.34. The van der Waals surface area contributed by atoms with Crippen molar-refractivity contribution in [1.82, 2.24) is 14.7 Å². The van der Waals surface area contributed by atoms with E-state index in [9.17, 15) is 8.78 Å². The van der Waals surface area contributed by atoms with E-state index in [1.807, 2.05) is 30.9 Å². The second-order valence-electron chi connectivity index (χ2n) is 5.42. The fourth-order valence-corrected chi connectivity index (χ4v) is 2.70. The Morgan fingerprint density at radius 3 is 2.45 bits per heavy atom. The average molecular weight is 277 g/mol. The summed E-state index contributed by atoms with van der Waals surface area (Å²) in [5, 5.41) is 4.28. The summed E-state index contributed by atoms with van der Waals surface area (Å²) in [5.41, 5.74) is 1.28. The maximum atomic E-state index is 13.8. The van der Waals surface area contributed by atoms with E-state index in [4.69, 9.17) is 0 Å². The average Bonchev–Trinajstić information content (AvgIpc) is 2.73. The van der Waals surface area contributed by atoms with Crippen LogP contribution in [0.25, 0.3) is 0 Å². The topological polar surface area (TPSA) is 21.1 Å². The second kappa shape index (κ2) is 4.98. The summed E-state index contributed by atoms with van der Waals surface area (Å²) < 4.78 is 29.4. The maximum Gasteiger partial charge on any atom is 0.130 e. The molecule has 1 atom stereocenters. The van der Waals surface area contributed by atoms with Gasteiger partial charge in [-0.3, -0.25) is 9.58 Å². The number of rotatable bonds is 3. The maximum absolute atomic E-state index is 13.8. The van der Waals surface area contributed by atoms with Crippen LogP contribution in [0.5, 0.6) is 0 Å². The number of nitrogens with zero attached hydrogens (tertiary/aromatic N) is 3. The van der Waals surface area contributed by atoms with E-state index in [1.165, 1.54) is 18.2 Å². The van der Waals surface area contributed by atoms with Gasteiger partial charge in [0.05, 0.1) is 12.2 Å². The van der Waals surface area contributed by atoms with Crippen LogP contribution in [0.4, 0.5) is 8.78 Å². The Morgan fingerprint density at radius 1 is 1.25 bits per heavy atom. The van der Waals surface area contributed by atoms with Gasteiger partial charge in [0.2, 0.25) is 0 Å². The number of halogens is 2. The second-order valence-corrected chi connectivity index (χ2v) is 5.42. The first-order valence-electron chi connectivity index (χ1n) is 6.75. The Balaban J connectivity index is 1.70. The number of likely N-dealkylation sites (tertiary alicyclic amines) is 1. The first-order chi connectivity index (χ1) is 9.56. The lowest BCUT2D eigenvalue weighted by molar-refractivity contribution is 0.0566. The van der Waals surface area contributed by atoms with Gasteiger partial charge < -0.3 is 0 Å². The third-order valence-electron chi connectivity index (χ3n) is 3.96. The molecule has 0 radical (unpaired) electrons. The van der Waals surface area contributed by atoms with Crippen molar-refractivity contribution in [2.24, 2.45) is 0 Å². The van der Waals surface area contributed by atoms with Crippen molar-refractivity contribution in [1.29, 1.82) is 0 Å². The van der Waals surface area contributed by atoms with Gasteiger partial charge in [0.15, 0.2) is 0 Å². The van der Waals surface area contributed by atoms with Crippen molar-refractivity contribution in [3.63, 3.8) is 0 Å². The third kappa shape index (κ3) is 2.22. The van der Waals surface area contributed by atoms with Crippen molar-refractivity contribution in [3.05, 3.63) is 53.4 Å². The fraction of sp³-hybridized carbons (Fsp3) is 0.400. The van der Waals surface area contributed by atoms with Crippen LogP contribution in [0, 0.1) is 18.6 Å². The summed E-state index contributed by atoms with van der Waals surface area (Å²) in [6, 6.07) is 4.04. The summed E-state index contributed by atoms with van der Waals surface area (Å²) in [6.45, 7) is 5.36. The lowest BCUT2D eigenvalue weighted by atomic mass is 9.99. The highest BCUT2D eigenvalue weighted by molar-refractivity contribution is 5.23. The molecule has 5 heteroatoms. The molecule has 3 rings (SSSR count). The predicted octanol–water partition coefficient (Wildman–Crippen LogP) is 3.09. The van der Waals surface area contributed by atoms with E-state index in [1.54, 1.807) is 0 Å². The summed E-state index contributed by atoms with van der Waals surface area (Å²) >= 11 is 0. The first kappa shape index (κ1) is 13.2. The van der Waals surface area contributed by atoms with Crippen LogP contribution in [0.3, 0.4) is 0 Å². The van der Waals surface area contributed by atoms with Crippen LogP contribution in [0.2, 0.25) is 0 Å². The van der Waals surface area contributed by atoms with Crippen molar-refractivity contribution in [2.45, 2.75) is 25.9 Å². The summed E-state index contributed by atoms with van der Waals surface area (Å²) in [4.78, 5) is 2.06. The minimum absolute atomic E-state index is 0.155. The summed E-state index contributed by atoms with van der Waals surface area (Å²) in [7, 11) is 0. The molecule has 0 N–H and O–H groups in total. The van der Waals surface area contributed by atoms with Gasteiger partial charge in [0, 0.05) is 30.9 Å². The molecule has 0 unspecified atom stereocenters. The molecule has 2 heterocycles. The molecule has 1 aliphatic heterocycles. The molecule has 0 spiro atoms. The van der Waals surface area contributed by atoms with Gasteiger partial charge in [-0.05, 0) is 31.5 Å². The lowest BCUT2D eigenvalue weighted by Crippen LogP contribution is -2.49. The predicted molar refractivity (Wildman–Crippen MR) is 72.3 cm³/mol. The zero-order valence-electron chi connectivity index (χ0n) is 11.6.